The van der Waals surface area contributed by atoms with Gasteiger partial charge in [0.15, 0.2) is 5.76 Å². The van der Waals surface area contributed by atoms with Crippen molar-refractivity contribution in [2.75, 3.05) is 0 Å². The first-order chi connectivity index (χ1) is 9.08. The molecule has 3 N–H and O–H groups in total. The van der Waals surface area contributed by atoms with Gasteiger partial charge in [-0.1, -0.05) is 18.2 Å². The van der Waals surface area contributed by atoms with Crippen LogP contribution in [0.5, 0.6) is 0 Å². The quantitative estimate of drug-likeness (QED) is 0.607. The monoisotopic (exact) mass is 256 g/mol. The highest BCUT2D eigenvalue weighted by molar-refractivity contribution is 6.05. The molecule has 2 heterocycles. The minimum atomic E-state index is -0.0312. The number of rotatable bonds is 1. The van der Waals surface area contributed by atoms with E-state index in [2.05, 4.69) is 5.10 Å². The Morgan fingerprint density at radius 2 is 2.21 bits per heavy atom. The van der Waals surface area contributed by atoms with Crippen molar-refractivity contribution in [3.8, 4) is 0 Å². The zero-order valence-electron chi connectivity index (χ0n) is 11.0. The van der Waals surface area contributed by atoms with Crippen LogP contribution in [-0.4, -0.2) is 22.7 Å². The summed E-state index contributed by atoms with van der Waals surface area (Å²) < 4.78 is 5.89. The Labute approximate surface area is 111 Å². The summed E-state index contributed by atoms with van der Waals surface area (Å²) in [6.45, 7) is 4.03. The van der Waals surface area contributed by atoms with Crippen LogP contribution in [0.2, 0.25) is 0 Å². The van der Waals surface area contributed by atoms with Crippen molar-refractivity contribution in [2.45, 2.75) is 26.3 Å². The summed E-state index contributed by atoms with van der Waals surface area (Å²) in [5.74, 6) is 0.771. The zero-order valence-corrected chi connectivity index (χ0v) is 11.0. The molecule has 0 fully saturated rings. The Balaban J connectivity index is 2.08. The molecule has 0 bridgehead atoms. The lowest BCUT2D eigenvalue weighted by Crippen LogP contribution is -2.35. The number of hydrogen-bond donors (Lipinski definition) is 2. The van der Waals surface area contributed by atoms with Gasteiger partial charge in [0.1, 0.15) is 11.3 Å². The summed E-state index contributed by atoms with van der Waals surface area (Å²) in [4.78, 5) is 0. The fourth-order valence-electron chi connectivity index (χ4n) is 2.51. The maximum Gasteiger partial charge on any atom is 0.209 e. The van der Waals surface area contributed by atoms with E-state index in [1.807, 2.05) is 38.1 Å². The summed E-state index contributed by atoms with van der Waals surface area (Å²) in [5, 5.41) is 14.5. The van der Waals surface area contributed by atoms with Gasteiger partial charge in [-0.15, -0.1) is 0 Å². The lowest BCUT2D eigenvalue weighted by molar-refractivity contribution is 0.378. The second-order valence-corrected chi connectivity index (χ2v) is 4.88. The number of aryl methyl sites for hydroxylation is 1. The molecule has 1 aliphatic rings. The van der Waals surface area contributed by atoms with Gasteiger partial charge in [-0.05, 0) is 19.9 Å². The van der Waals surface area contributed by atoms with Crippen LogP contribution in [0.1, 0.15) is 24.7 Å². The lowest BCUT2D eigenvalue weighted by Gasteiger charge is -2.16. The number of benzene rings is 1. The van der Waals surface area contributed by atoms with Gasteiger partial charge in [-0.2, -0.15) is 5.10 Å². The number of nitrogens with two attached hydrogens (primary N) is 1. The lowest BCUT2D eigenvalue weighted by atomic mass is 10.1. The molecule has 2 aromatic rings. The number of nitrogens with zero attached hydrogens (tertiary/aromatic N) is 2. The molecule has 1 aromatic carbocycles. The van der Waals surface area contributed by atoms with E-state index in [0.29, 0.717) is 0 Å². The van der Waals surface area contributed by atoms with Crippen LogP contribution in [-0.2, 0) is 0 Å². The second-order valence-electron chi connectivity index (χ2n) is 4.88. The van der Waals surface area contributed by atoms with Crippen LogP contribution >= 0.6 is 0 Å². The molecule has 5 heteroatoms. The van der Waals surface area contributed by atoms with Gasteiger partial charge in [0.05, 0.1) is 6.04 Å². The van der Waals surface area contributed by atoms with Crippen LogP contribution < -0.4 is 5.73 Å². The number of furan rings is 1. The Morgan fingerprint density at radius 1 is 1.47 bits per heavy atom. The van der Waals surface area contributed by atoms with Gasteiger partial charge < -0.3 is 10.2 Å². The molecule has 0 radical (unpaired) electrons. The van der Waals surface area contributed by atoms with E-state index in [9.17, 15) is 0 Å². The van der Waals surface area contributed by atoms with Crippen LogP contribution in [0.3, 0.4) is 0 Å². The van der Waals surface area contributed by atoms with E-state index < -0.39 is 0 Å². The Kier molecular flexibility index (Phi) is 2.55. The maximum atomic E-state index is 7.50. The van der Waals surface area contributed by atoms with Crippen molar-refractivity contribution in [3.05, 3.63) is 35.6 Å². The SMILES string of the molecule is Cc1c(C2=NN(C(=N)N)C(C)C2)oc2ccccc12. The largest absolute Gasteiger partial charge is 0.454 e. The minimum absolute atomic E-state index is 0.0312. The molecule has 0 spiro atoms. The van der Waals surface area contributed by atoms with Crippen molar-refractivity contribution >= 4 is 22.6 Å². The molecule has 0 amide bonds. The van der Waals surface area contributed by atoms with Gasteiger partial charge >= 0.3 is 0 Å². The molecule has 5 nitrogen and oxygen atoms in total. The summed E-state index contributed by atoms with van der Waals surface area (Å²) in [7, 11) is 0. The molecule has 0 saturated heterocycles. The standard InChI is InChI=1S/C14H16N4O/c1-8-7-11(17-18(8)14(15)16)13-9(2)10-5-3-4-6-12(10)19-13/h3-6,8H,7H2,1-2H3,(H3,15,16). The van der Waals surface area contributed by atoms with Crippen LogP contribution in [0, 0.1) is 12.3 Å². The summed E-state index contributed by atoms with van der Waals surface area (Å²) in [6.07, 6.45) is 0.736. The third kappa shape index (κ3) is 1.78. The Morgan fingerprint density at radius 3 is 2.84 bits per heavy atom. The van der Waals surface area contributed by atoms with E-state index in [1.165, 1.54) is 5.01 Å². The van der Waals surface area contributed by atoms with Crippen molar-refractivity contribution in [1.82, 2.24) is 5.01 Å². The van der Waals surface area contributed by atoms with Crippen LogP contribution in [0.15, 0.2) is 33.8 Å². The predicted octanol–water partition coefficient (Wildman–Crippen LogP) is 2.43. The number of nitrogens with one attached hydrogen (secondary N) is 1. The minimum Gasteiger partial charge on any atom is -0.454 e. The van der Waals surface area contributed by atoms with Crippen molar-refractivity contribution in [2.24, 2.45) is 10.8 Å². The number of guanidine groups is 1. The summed E-state index contributed by atoms with van der Waals surface area (Å²) in [6, 6.07) is 8.04. The smallest absolute Gasteiger partial charge is 0.209 e. The van der Waals surface area contributed by atoms with E-state index in [4.69, 9.17) is 15.6 Å². The summed E-state index contributed by atoms with van der Waals surface area (Å²) >= 11 is 0. The molecule has 3 rings (SSSR count). The van der Waals surface area contributed by atoms with E-state index in [0.717, 1.165) is 34.4 Å². The van der Waals surface area contributed by atoms with Gasteiger partial charge in [0.2, 0.25) is 5.96 Å². The van der Waals surface area contributed by atoms with E-state index >= 15 is 0 Å². The average Bonchev–Trinajstić information content (AvgIpc) is 2.91. The maximum absolute atomic E-state index is 7.50. The van der Waals surface area contributed by atoms with Crippen LogP contribution in [0.25, 0.3) is 11.0 Å². The third-order valence-corrected chi connectivity index (χ3v) is 3.49. The molecule has 1 unspecified atom stereocenters. The molecule has 98 valence electrons. The first-order valence-corrected chi connectivity index (χ1v) is 6.27. The number of fused-ring (bicyclic) bond motifs is 1. The van der Waals surface area contributed by atoms with Gasteiger partial charge in [0.25, 0.3) is 0 Å². The molecule has 19 heavy (non-hydrogen) atoms. The predicted molar refractivity (Wildman–Crippen MR) is 75.3 cm³/mol. The number of hydrogen-bond acceptors (Lipinski definition) is 3. The summed E-state index contributed by atoms with van der Waals surface area (Å²) in [5.41, 5.74) is 8.33. The first-order valence-electron chi connectivity index (χ1n) is 6.27. The second kappa shape index (κ2) is 4.12. The van der Waals surface area contributed by atoms with Crippen molar-refractivity contribution in [3.63, 3.8) is 0 Å². The first kappa shape index (κ1) is 11.8. The Hall–Kier alpha value is -2.30. The molecule has 1 aliphatic heterocycles. The normalized spacial score (nSPS) is 18.9. The topological polar surface area (TPSA) is 78.6 Å². The van der Waals surface area contributed by atoms with E-state index in [1.54, 1.807) is 0 Å². The Bertz CT molecular complexity index is 686. The van der Waals surface area contributed by atoms with Gasteiger partial charge in [-0.25, -0.2) is 5.01 Å². The fraction of sp³-hybridized carbons (Fsp3) is 0.286. The van der Waals surface area contributed by atoms with Gasteiger partial charge in [-0.3, -0.25) is 5.41 Å². The average molecular weight is 256 g/mol. The van der Waals surface area contributed by atoms with Gasteiger partial charge in [0, 0.05) is 17.4 Å². The molecule has 0 aliphatic carbocycles. The van der Waals surface area contributed by atoms with Crippen molar-refractivity contribution < 1.29 is 4.42 Å². The number of para-hydroxylation sites is 1. The van der Waals surface area contributed by atoms with Crippen LogP contribution in [0.4, 0.5) is 0 Å². The number of hydrazone groups is 1. The highest BCUT2D eigenvalue weighted by Crippen LogP contribution is 2.29. The highest BCUT2D eigenvalue weighted by atomic mass is 16.3. The molecule has 1 aromatic heterocycles. The third-order valence-electron chi connectivity index (χ3n) is 3.49. The molecular weight excluding hydrogens is 240 g/mol. The van der Waals surface area contributed by atoms with E-state index in [-0.39, 0.29) is 12.0 Å². The highest BCUT2D eigenvalue weighted by Gasteiger charge is 2.28. The molecule has 0 saturated carbocycles. The molecule has 1 atom stereocenters. The fourth-order valence-corrected chi connectivity index (χ4v) is 2.51. The zero-order chi connectivity index (χ0) is 13.6. The van der Waals surface area contributed by atoms with Crippen molar-refractivity contribution in [1.29, 1.82) is 5.41 Å². The molecular formula is C14H16N4O.